The second kappa shape index (κ2) is 23.5. The lowest BCUT2D eigenvalue weighted by atomic mass is 9.85. The molecule has 2 fully saturated rings. The van der Waals surface area contributed by atoms with Crippen LogP contribution in [0.5, 0.6) is 5.75 Å². The molecule has 0 radical (unpaired) electrons. The summed E-state index contributed by atoms with van der Waals surface area (Å²) in [7, 11) is 0. The molecule has 21 heteroatoms. The molecule has 2 aliphatic heterocycles. The number of aryl methyl sites for hydroxylation is 1. The molecule has 0 aliphatic carbocycles. The molecular weight excluding hydrogens is 962 g/mol. The zero-order chi connectivity index (χ0) is 51.7. The van der Waals surface area contributed by atoms with Gasteiger partial charge in [0.05, 0.1) is 46.2 Å². The van der Waals surface area contributed by atoms with Crippen molar-refractivity contribution in [3.63, 3.8) is 0 Å². The molecule has 3 unspecified atom stereocenters. The van der Waals surface area contributed by atoms with Crippen LogP contribution in [0.15, 0.2) is 66.3 Å². The van der Waals surface area contributed by atoms with E-state index in [2.05, 4.69) is 20.6 Å². The molecular formula is C50H59F3N8O8S2. The third-order valence-corrected chi connectivity index (χ3v) is 13.4. The number of likely N-dealkylation sites (tertiary alicyclic amines) is 1. The van der Waals surface area contributed by atoms with E-state index < -0.39 is 64.3 Å². The van der Waals surface area contributed by atoms with Gasteiger partial charge in [-0.15, -0.1) is 11.3 Å². The van der Waals surface area contributed by atoms with Crippen LogP contribution in [-0.4, -0.2) is 112 Å². The van der Waals surface area contributed by atoms with Gasteiger partial charge in [0.1, 0.15) is 36.0 Å². The van der Waals surface area contributed by atoms with Crippen molar-refractivity contribution < 1.29 is 51.7 Å². The second-order valence-electron chi connectivity index (χ2n) is 18.9. The highest BCUT2D eigenvalue weighted by molar-refractivity contribution is 7.81. The van der Waals surface area contributed by atoms with Gasteiger partial charge in [-0.3, -0.25) is 24.1 Å². The molecule has 0 saturated carbocycles. The van der Waals surface area contributed by atoms with E-state index in [9.17, 15) is 37.5 Å². The fourth-order valence-electron chi connectivity index (χ4n) is 8.21. The Kier molecular flexibility index (Phi) is 17.9. The zero-order valence-electron chi connectivity index (χ0n) is 40.5. The van der Waals surface area contributed by atoms with Crippen LogP contribution in [0.1, 0.15) is 89.2 Å². The third-order valence-electron chi connectivity index (χ3n) is 12.0. The summed E-state index contributed by atoms with van der Waals surface area (Å²) in [4.78, 5) is 66.8. The number of aliphatic hydroxyl groups is 1. The predicted octanol–water partition coefficient (Wildman–Crippen LogP) is 7.10. The molecule has 2 aromatic heterocycles. The molecule has 6 rings (SSSR count). The fourth-order valence-corrected chi connectivity index (χ4v) is 9.55. The van der Waals surface area contributed by atoms with Crippen LogP contribution in [0.3, 0.4) is 0 Å². The maximum atomic E-state index is 13.9. The van der Waals surface area contributed by atoms with E-state index in [4.69, 9.17) is 31.7 Å². The van der Waals surface area contributed by atoms with E-state index in [0.717, 1.165) is 52.1 Å². The number of amides is 4. The summed E-state index contributed by atoms with van der Waals surface area (Å²) in [5, 5.41) is 25.3. The topological polar surface area (TPSA) is 200 Å². The molecule has 16 nitrogen and oxygen atoms in total. The van der Waals surface area contributed by atoms with Crippen molar-refractivity contribution in [3.05, 3.63) is 88.8 Å². The van der Waals surface area contributed by atoms with E-state index in [1.807, 2.05) is 52.0 Å². The van der Waals surface area contributed by atoms with E-state index in [1.54, 1.807) is 59.9 Å². The monoisotopic (exact) mass is 1020 g/mol. The van der Waals surface area contributed by atoms with Crippen LogP contribution < -0.4 is 25.2 Å². The number of carbonyl (C=O) groups excluding carboxylic acids is 4. The zero-order valence-corrected chi connectivity index (χ0v) is 42.1. The lowest BCUT2D eigenvalue weighted by Crippen LogP contribution is -2.58. The molecule has 0 spiro atoms. The van der Waals surface area contributed by atoms with Crippen molar-refractivity contribution >= 4 is 63.7 Å². The van der Waals surface area contributed by atoms with E-state index in [-0.39, 0.29) is 49.4 Å². The molecule has 2 aromatic carbocycles. The molecule has 2 aliphatic rings. The Morgan fingerprint density at radius 1 is 0.972 bits per heavy atom. The van der Waals surface area contributed by atoms with E-state index >= 15 is 0 Å². The number of nitrogens with zero attached hydrogens (tertiary/aromatic N) is 6. The Balaban J connectivity index is 0.851. The summed E-state index contributed by atoms with van der Waals surface area (Å²) >= 11 is 7.16. The minimum Gasteiger partial charge on any atom is -0.494 e. The number of rotatable bonds is 21. The second-order valence-corrected chi connectivity index (χ2v) is 20.1. The van der Waals surface area contributed by atoms with Crippen molar-refractivity contribution in [2.45, 2.75) is 110 Å². The number of thiocarbonyl (C=S) groups is 1. The first-order valence-corrected chi connectivity index (χ1v) is 24.5. The minimum atomic E-state index is -4.86. The Bertz CT molecular complexity index is 2580. The van der Waals surface area contributed by atoms with Gasteiger partial charge in [-0.25, -0.2) is 9.97 Å². The molecule has 2 saturated heterocycles. The van der Waals surface area contributed by atoms with Crippen molar-refractivity contribution in [1.82, 2.24) is 25.5 Å². The van der Waals surface area contributed by atoms with Gasteiger partial charge in [-0.05, 0) is 106 Å². The minimum absolute atomic E-state index is 0.0314. The van der Waals surface area contributed by atoms with Gasteiger partial charge in [0.25, 0.3) is 5.91 Å². The fraction of sp³-hybridized carbons (Fsp3) is 0.480. The largest absolute Gasteiger partial charge is 0.494 e. The molecule has 3 atom stereocenters. The standard InChI is InChI=1S/C50H59F3N8O8S2/c1-31-42(71-30-57-31)33-13-11-32(12-14-33)26-56-44(64)40-24-36(62)28-59(40)45(65)43(48(2,3)4)58-41(63)29-68-21-10-20-67-19-8-7-9-22-69-37-17-15-34(16-18-37)61-47(70)60(46(66)49(61,5)6)35-23-38(50(51,52)53)39(25-54)55-27-35/h11-18,23,27,30,36,40,43,62H,7-10,19-22,24,26,28-29H2,1-6H3,(H,56,64)(H,58,63). The number of halogens is 3. The number of alkyl halides is 3. The quantitative estimate of drug-likeness (QED) is 0.0565. The summed E-state index contributed by atoms with van der Waals surface area (Å²) in [6.07, 6.45) is -1.72. The number of ether oxygens (including phenoxy) is 3. The highest BCUT2D eigenvalue weighted by Crippen LogP contribution is 2.39. The number of nitrogens with one attached hydrogen (secondary N) is 2. The molecule has 380 valence electrons. The van der Waals surface area contributed by atoms with Gasteiger partial charge >= 0.3 is 6.18 Å². The SMILES string of the molecule is Cc1ncsc1-c1ccc(CNC(=O)C2CC(O)CN2C(=O)C(NC(=O)COCCCOCCCCCOc2ccc(N3C(=S)N(c4cnc(C#N)c(C(F)(F)F)c4)C(=O)C3(C)C)cc2)C(C)(C)C)cc1. The highest BCUT2D eigenvalue weighted by atomic mass is 32.1. The number of hydrogen-bond acceptors (Lipinski definition) is 13. The number of carbonyl (C=O) groups is 4. The molecule has 4 heterocycles. The van der Waals surface area contributed by atoms with Crippen LogP contribution in [0, 0.1) is 23.7 Å². The molecule has 71 heavy (non-hydrogen) atoms. The molecule has 3 N–H and O–H groups in total. The Labute approximate surface area is 420 Å². The van der Waals surface area contributed by atoms with Gasteiger partial charge in [0.15, 0.2) is 10.8 Å². The van der Waals surface area contributed by atoms with Crippen molar-refractivity contribution in [1.29, 1.82) is 5.26 Å². The number of hydrogen-bond donors (Lipinski definition) is 3. The summed E-state index contributed by atoms with van der Waals surface area (Å²) in [6.45, 7) is 12.2. The number of aromatic nitrogens is 2. The first-order valence-electron chi connectivity index (χ1n) is 23.2. The number of benzene rings is 2. The third kappa shape index (κ3) is 13.5. The smallest absolute Gasteiger partial charge is 0.419 e. The highest BCUT2D eigenvalue weighted by Gasteiger charge is 2.51. The number of aliphatic hydroxyl groups excluding tert-OH is 1. The number of nitriles is 1. The van der Waals surface area contributed by atoms with E-state index in [1.165, 1.54) is 11.0 Å². The summed E-state index contributed by atoms with van der Waals surface area (Å²) in [6, 6.07) is 14.9. The number of thiazole rings is 1. The van der Waals surface area contributed by atoms with Gasteiger partial charge in [0.2, 0.25) is 17.7 Å². The van der Waals surface area contributed by atoms with Crippen molar-refractivity contribution in [2.75, 3.05) is 49.4 Å². The average Bonchev–Trinajstić information content (AvgIpc) is 3.99. The number of β-amino-alcohol motifs (C(OH)–C–C–N with tert-alkyl or cyclic N) is 1. The Hall–Kier alpha value is -6.05. The maximum Gasteiger partial charge on any atom is 0.419 e. The van der Waals surface area contributed by atoms with Crippen LogP contribution in [-0.2, 0) is 41.4 Å². The molecule has 4 amide bonds. The van der Waals surface area contributed by atoms with Crippen LogP contribution >= 0.6 is 23.6 Å². The van der Waals surface area contributed by atoms with Gasteiger partial charge in [0, 0.05) is 45.0 Å². The maximum absolute atomic E-state index is 13.9. The molecule has 4 aromatic rings. The van der Waals surface area contributed by atoms with E-state index in [0.29, 0.717) is 43.7 Å². The summed E-state index contributed by atoms with van der Waals surface area (Å²) in [5.41, 5.74) is 0.977. The number of unbranched alkanes of at least 4 members (excludes halogenated alkanes) is 2. The first kappa shape index (κ1) is 54.3. The summed E-state index contributed by atoms with van der Waals surface area (Å²) < 4.78 is 58.2. The van der Waals surface area contributed by atoms with Crippen molar-refractivity contribution in [3.8, 4) is 22.3 Å². The first-order chi connectivity index (χ1) is 33.6. The number of pyridine rings is 1. The lowest BCUT2D eigenvalue weighted by Gasteiger charge is -2.35. The van der Waals surface area contributed by atoms with Crippen LogP contribution in [0.4, 0.5) is 24.5 Å². The van der Waals surface area contributed by atoms with Crippen LogP contribution in [0.25, 0.3) is 10.4 Å². The predicted molar refractivity (Wildman–Crippen MR) is 264 cm³/mol. The average molecular weight is 1020 g/mol. The van der Waals surface area contributed by atoms with Gasteiger partial charge in [-0.2, -0.15) is 18.4 Å². The van der Waals surface area contributed by atoms with Crippen LogP contribution in [0.2, 0.25) is 0 Å². The summed E-state index contributed by atoms with van der Waals surface area (Å²) in [5.74, 6) is -1.30. The number of anilines is 2. The molecule has 0 bridgehead atoms. The Morgan fingerprint density at radius 2 is 1.65 bits per heavy atom. The van der Waals surface area contributed by atoms with Crippen molar-refractivity contribution in [2.24, 2.45) is 5.41 Å². The Morgan fingerprint density at radius 3 is 2.30 bits per heavy atom. The normalized spacial score (nSPS) is 17.3. The lowest BCUT2D eigenvalue weighted by molar-refractivity contribution is -0.144. The van der Waals surface area contributed by atoms with Gasteiger partial charge < -0.3 is 39.8 Å². The van der Waals surface area contributed by atoms with Gasteiger partial charge in [-0.1, -0.05) is 45.0 Å².